The van der Waals surface area contributed by atoms with Gasteiger partial charge in [0.1, 0.15) is 11.2 Å². The Hall–Kier alpha value is -5.63. The normalized spacial score (nSPS) is 12.8. The van der Waals surface area contributed by atoms with Crippen LogP contribution in [0.3, 0.4) is 0 Å². The van der Waals surface area contributed by atoms with Gasteiger partial charge in [0, 0.05) is 27.2 Å². The Morgan fingerprint density at radius 1 is 0.558 bits per heavy atom. The molecule has 202 valence electrons. The Kier molecular flexibility index (Phi) is 5.13. The van der Waals surface area contributed by atoms with Gasteiger partial charge in [0.15, 0.2) is 0 Å². The molecule has 0 amide bonds. The number of benzene rings is 6. The van der Waals surface area contributed by atoms with E-state index in [2.05, 4.69) is 102 Å². The predicted octanol–water partition coefficient (Wildman–Crippen LogP) is 9.92. The zero-order chi connectivity index (χ0) is 28.5. The van der Waals surface area contributed by atoms with E-state index >= 15 is 0 Å². The fraction of sp³-hybridized carbons (Fsp3) is 0.0513. The van der Waals surface area contributed by atoms with Gasteiger partial charge >= 0.3 is 0 Å². The number of nitrogens with zero attached hydrogens (tertiary/aromatic N) is 2. The highest BCUT2D eigenvalue weighted by Gasteiger charge is 2.19. The largest absolute Gasteiger partial charge is 0.456 e. The zero-order valence-corrected chi connectivity index (χ0v) is 23.2. The minimum absolute atomic E-state index is 0.548. The third-order valence-electron chi connectivity index (χ3n) is 8.78. The van der Waals surface area contributed by atoms with Crippen molar-refractivity contribution in [2.45, 2.75) is 13.2 Å². The van der Waals surface area contributed by atoms with Crippen LogP contribution in [0.15, 0.2) is 126 Å². The highest BCUT2D eigenvalue weighted by molar-refractivity contribution is 6.10. The molecule has 0 unspecified atom stereocenters. The molecule has 4 nitrogen and oxygen atoms in total. The Morgan fingerprint density at radius 2 is 1.33 bits per heavy atom. The predicted molar refractivity (Wildman–Crippen MR) is 172 cm³/mol. The van der Waals surface area contributed by atoms with Gasteiger partial charge in [-0.25, -0.2) is 0 Å². The average Bonchev–Trinajstić information content (AvgIpc) is 3.53. The van der Waals surface area contributed by atoms with Crippen molar-refractivity contribution in [3.05, 3.63) is 138 Å². The monoisotopic (exact) mass is 552 g/mol. The third-order valence-corrected chi connectivity index (χ3v) is 8.78. The van der Waals surface area contributed by atoms with Crippen LogP contribution in [-0.4, -0.2) is 4.57 Å². The van der Waals surface area contributed by atoms with Gasteiger partial charge in [-0.2, -0.15) is 5.26 Å². The first-order chi connectivity index (χ1) is 21.2. The number of hydrogen-bond acceptors (Lipinski definition) is 3. The smallest absolute Gasteiger partial charge is 0.136 e. The van der Waals surface area contributed by atoms with Crippen LogP contribution < -0.4 is 0 Å². The third kappa shape index (κ3) is 3.66. The average molecular weight is 553 g/mol. The van der Waals surface area contributed by atoms with E-state index in [1.807, 2.05) is 30.3 Å². The summed E-state index contributed by atoms with van der Waals surface area (Å²) >= 11 is 0. The van der Waals surface area contributed by atoms with Crippen LogP contribution in [0, 0.1) is 11.3 Å². The van der Waals surface area contributed by atoms with Crippen molar-refractivity contribution in [1.82, 2.24) is 4.57 Å². The minimum atomic E-state index is 0.548. The minimum Gasteiger partial charge on any atom is -0.456 e. The molecule has 3 heterocycles. The van der Waals surface area contributed by atoms with Crippen LogP contribution >= 0.6 is 0 Å². The van der Waals surface area contributed by atoms with Gasteiger partial charge in [-0.05, 0) is 94.0 Å². The number of aromatic nitrogens is 1. The van der Waals surface area contributed by atoms with E-state index in [4.69, 9.17) is 9.15 Å². The summed E-state index contributed by atoms with van der Waals surface area (Å²) in [5.41, 5.74) is 12.7. The highest BCUT2D eigenvalue weighted by Crippen LogP contribution is 2.39. The van der Waals surface area contributed by atoms with Gasteiger partial charge in [0.05, 0.1) is 35.9 Å². The maximum Gasteiger partial charge on any atom is 0.136 e. The summed E-state index contributed by atoms with van der Waals surface area (Å²) in [5.74, 6) is 0. The van der Waals surface area contributed by atoms with E-state index in [-0.39, 0.29) is 0 Å². The topological polar surface area (TPSA) is 51.1 Å². The van der Waals surface area contributed by atoms with Crippen molar-refractivity contribution in [3.8, 4) is 34.0 Å². The molecule has 4 heteroatoms. The van der Waals surface area contributed by atoms with Gasteiger partial charge in [-0.3, -0.25) is 0 Å². The van der Waals surface area contributed by atoms with Crippen LogP contribution in [0.5, 0.6) is 0 Å². The lowest BCUT2D eigenvalue weighted by Gasteiger charge is -2.14. The molecule has 0 radical (unpaired) electrons. The van der Waals surface area contributed by atoms with Gasteiger partial charge in [0.2, 0.25) is 0 Å². The summed E-state index contributed by atoms with van der Waals surface area (Å²) in [6.45, 7) is 1.11. The van der Waals surface area contributed by atoms with Crippen molar-refractivity contribution in [2.24, 2.45) is 0 Å². The first-order valence-corrected chi connectivity index (χ1v) is 14.4. The molecule has 0 bridgehead atoms. The van der Waals surface area contributed by atoms with Crippen molar-refractivity contribution in [3.63, 3.8) is 0 Å². The lowest BCUT2D eigenvalue weighted by Crippen LogP contribution is -1.97. The molecule has 0 N–H and O–H groups in total. The van der Waals surface area contributed by atoms with E-state index in [1.165, 1.54) is 22.3 Å². The summed E-state index contributed by atoms with van der Waals surface area (Å²) in [6, 6.07) is 44.6. The highest BCUT2D eigenvalue weighted by atomic mass is 16.5. The molecular weight excluding hydrogens is 528 g/mol. The molecule has 43 heavy (non-hydrogen) atoms. The van der Waals surface area contributed by atoms with Gasteiger partial charge in [-0.15, -0.1) is 0 Å². The summed E-state index contributed by atoms with van der Waals surface area (Å²) in [5, 5.41) is 14.0. The van der Waals surface area contributed by atoms with E-state index in [9.17, 15) is 5.26 Å². The number of hydrogen-bond donors (Lipinski definition) is 0. The SMILES string of the molecule is N#Cc1ccc2c(c1)c1ccccc1n2-c1ccc2c(c1)-c1ccc(-c3ccc4c(c3)oc3ccccc34)cc1COC2. The molecule has 2 aromatic heterocycles. The quantitative estimate of drug-likeness (QED) is 0.214. The lowest BCUT2D eigenvalue weighted by molar-refractivity contribution is 0.110. The molecule has 0 atom stereocenters. The maximum atomic E-state index is 9.54. The van der Waals surface area contributed by atoms with Crippen LogP contribution in [0.4, 0.5) is 0 Å². The zero-order valence-electron chi connectivity index (χ0n) is 23.2. The Labute approximate surface area is 247 Å². The first kappa shape index (κ1) is 24.0. The number of furan rings is 1. The van der Waals surface area contributed by atoms with Crippen LogP contribution in [-0.2, 0) is 18.0 Å². The van der Waals surface area contributed by atoms with Gasteiger partial charge in [0.25, 0.3) is 0 Å². The van der Waals surface area contributed by atoms with Crippen molar-refractivity contribution in [2.75, 3.05) is 0 Å². The number of fused-ring (bicyclic) bond motifs is 9. The summed E-state index contributed by atoms with van der Waals surface area (Å²) < 4.78 is 14.7. The number of nitriles is 1. The van der Waals surface area contributed by atoms with E-state index in [1.54, 1.807) is 0 Å². The second-order valence-corrected chi connectivity index (χ2v) is 11.2. The molecule has 0 spiro atoms. The molecular formula is C39H24N2O2. The number of ether oxygens (including phenoxy) is 1. The molecule has 1 aliphatic heterocycles. The fourth-order valence-electron chi connectivity index (χ4n) is 6.73. The Bertz CT molecular complexity index is 2450. The maximum absolute atomic E-state index is 9.54. The van der Waals surface area contributed by atoms with Crippen molar-refractivity contribution >= 4 is 43.7 Å². The van der Waals surface area contributed by atoms with E-state index in [0.717, 1.165) is 60.6 Å². The van der Waals surface area contributed by atoms with Crippen LogP contribution in [0.2, 0.25) is 0 Å². The number of rotatable bonds is 2. The van der Waals surface area contributed by atoms with E-state index < -0.39 is 0 Å². The number of para-hydroxylation sites is 2. The second-order valence-electron chi connectivity index (χ2n) is 11.2. The molecule has 9 rings (SSSR count). The molecule has 0 saturated heterocycles. The summed E-state index contributed by atoms with van der Waals surface area (Å²) in [4.78, 5) is 0. The van der Waals surface area contributed by atoms with Crippen molar-refractivity contribution in [1.29, 1.82) is 5.26 Å². The molecule has 1 aliphatic rings. The molecule has 0 saturated carbocycles. The lowest BCUT2D eigenvalue weighted by atomic mass is 9.93. The van der Waals surface area contributed by atoms with E-state index in [0.29, 0.717) is 18.8 Å². The molecule has 0 aliphatic carbocycles. The van der Waals surface area contributed by atoms with Crippen molar-refractivity contribution < 1.29 is 9.15 Å². The fourth-order valence-corrected chi connectivity index (χ4v) is 6.73. The molecule has 8 aromatic rings. The summed E-state index contributed by atoms with van der Waals surface area (Å²) in [6.07, 6.45) is 0. The Morgan fingerprint density at radius 3 is 2.26 bits per heavy atom. The standard InChI is InChI=1S/C39H24N2O2/c40-21-24-9-16-37-35(17-24)31-5-1-3-7-36(31)41(37)29-13-10-27-22-42-23-28-18-25(11-14-30(28)34(27)20-29)26-12-15-33-32-6-2-4-8-38(32)43-39(33)19-26/h1-20H,22-23H2. The van der Waals surface area contributed by atoms with Gasteiger partial charge < -0.3 is 13.7 Å². The van der Waals surface area contributed by atoms with Crippen LogP contribution in [0.1, 0.15) is 16.7 Å². The Balaban J connectivity index is 1.18. The molecule has 0 fully saturated rings. The second kappa shape index (κ2) is 9.19. The van der Waals surface area contributed by atoms with Crippen LogP contribution in [0.25, 0.3) is 71.7 Å². The molecule has 6 aromatic carbocycles. The summed E-state index contributed by atoms with van der Waals surface area (Å²) in [7, 11) is 0. The van der Waals surface area contributed by atoms with Gasteiger partial charge in [-0.1, -0.05) is 60.7 Å². The first-order valence-electron chi connectivity index (χ1n) is 14.4.